The van der Waals surface area contributed by atoms with Crippen molar-refractivity contribution in [1.29, 1.82) is 0 Å². The van der Waals surface area contributed by atoms with Gasteiger partial charge in [0.2, 0.25) is 5.95 Å². The molecule has 0 spiro atoms. The molecule has 5 heterocycles. The molecule has 0 radical (unpaired) electrons. The molecule has 1 saturated heterocycles. The van der Waals surface area contributed by atoms with Crippen LogP contribution >= 0.6 is 0 Å². The summed E-state index contributed by atoms with van der Waals surface area (Å²) in [5.74, 6) is 2.23. The molecule has 0 unspecified atom stereocenters. The van der Waals surface area contributed by atoms with Crippen molar-refractivity contribution in [3.63, 3.8) is 0 Å². The number of hydrogen-bond donors (Lipinski definition) is 1. The predicted octanol–water partition coefficient (Wildman–Crippen LogP) is 2.94. The first kappa shape index (κ1) is 15.8. The van der Waals surface area contributed by atoms with E-state index < -0.39 is 0 Å². The highest BCUT2D eigenvalue weighted by molar-refractivity contribution is 5.73. The SMILES string of the molecule is Cn1cnc(Nc2nc(N3CCC[C@H]3c3ccncc3)nn3cccc23)c1. The van der Waals surface area contributed by atoms with E-state index in [-0.39, 0.29) is 6.04 Å². The fourth-order valence-corrected chi connectivity index (χ4v) is 3.67. The first-order valence-corrected chi connectivity index (χ1v) is 9.05. The summed E-state index contributed by atoms with van der Waals surface area (Å²) in [5.41, 5.74) is 2.17. The second-order valence-corrected chi connectivity index (χ2v) is 6.78. The average Bonchev–Trinajstić information content (AvgIpc) is 3.42. The number of nitrogens with one attached hydrogen (secondary N) is 1. The summed E-state index contributed by atoms with van der Waals surface area (Å²) in [6, 6.07) is 8.39. The van der Waals surface area contributed by atoms with Crippen molar-refractivity contribution in [3.8, 4) is 0 Å². The van der Waals surface area contributed by atoms with Gasteiger partial charge in [-0.15, -0.1) is 5.10 Å². The number of hydrogen-bond acceptors (Lipinski definition) is 6. The van der Waals surface area contributed by atoms with E-state index in [1.54, 1.807) is 6.33 Å². The number of aryl methyl sites for hydroxylation is 1. The van der Waals surface area contributed by atoms with E-state index in [0.717, 1.165) is 42.5 Å². The van der Waals surface area contributed by atoms with Gasteiger partial charge in [0.05, 0.1) is 12.4 Å². The van der Waals surface area contributed by atoms with Crippen LogP contribution in [0.15, 0.2) is 55.4 Å². The van der Waals surface area contributed by atoms with E-state index in [2.05, 4.69) is 32.3 Å². The molecule has 0 aliphatic carbocycles. The molecule has 1 fully saturated rings. The Bertz CT molecular complexity index is 1070. The van der Waals surface area contributed by atoms with Crippen molar-refractivity contribution in [2.75, 3.05) is 16.8 Å². The molecule has 27 heavy (non-hydrogen) atoms. The topological polar surface area (TPSA) is 76.2 Å². The van der Waals surface area contributed by atoms with Gasteiger partial charge in [-0.2, -0.15) is 4.98 Å². The van der Waals surface area contributed by atoms with E-state index in [4.69, 9.17) is 10.1 Å². The summed E-state index contributed by atoms with van der Waals surface area (Å²) in [4.78, 5) is 15.6. The lowest BCUT2D eigenvalue weighted by Gasteiger charge is -2.25. The Balaban J connectivity index is 1.55. The summed E-state index contributed by atoms with van der Waals surface area (Å²) >= 11 is 0. The van der Waals surface area contributed by atoms with Gasteiger partial charge in [0, 0.05) is 38.4 Å². The third kappa shape index (κ3) is 2.88. The van der Waals surface area contributed by atoms with E-state index in [1.165, 1.54) is 5.56 Å². The average molecular weight is 360 g/mol. The number of imidazole rings is 1. The molecule has 0 aromatic carbocycles. The van der Waals surface area contributed by atoms with Crippen LogP contribution in [0, 0.1) is 0 Å². The Morgan fingerprint density at radius 3 is 2.89 bits per heavy atom. The third-order valence-corrected chi connectivity index (χ3v) is 4.93. The molecule has 1 N–H and O–H groups in total. The van der Waals surface area contributed by atoms with Crippen molar-refractivity contribution < 1.29 is 0 Å². The first-order chi connectivity index (χ1) is 13.3. The first-order valence-electron chi connectivity index (χ1n) is 9.05. The zero-order valence-electron chi connectivity index (χ0n) is 15.0. The second-order valence-electron chi connectivity index (χ2n) is 6.78. The van der Waals surface area contributed by atoms with Gasteiger partial charge in [-0.25, -0.2) is 9.50 Å². The lowest BCUT2D eigenvalue weighted by molar-refractivity contribution is 0.689. The molecular formula is C19H20N8. The molecule has 136 valence electrons. The van der Waals surface area contributed by atoms with Gasteiger partial charge in [0.15, 0.2) is 5.82 Å². The van der Waals surface area contributed by atoms with Crippen molar-refractivity contribution in [2.45, 2.75) is 18.9 Å². The van der Waals surface area contributed by atoms with Crippen molar-refractivity contribution in [3.05, 3.63) is 60.9 Å². The molecule has 4 aromatic heterocycles. The van der Waals surface area contributed by atoms with Gasteiger partial charge in [-0.05, 0) is 42.7 Å². The minimum absolute atomic E-state index is 0.267. The number of rotatable bonds is 4. The van der Waals surface area contributed by atoms with Crippen LogP contribution in [-0.4, -0.2) is 35.7 Å². The molecule has 1 atom stereocenters. The standard InChI is InChI=1S/C19H20N8/c1-25-12-17(21-13-25)22-18-16-5-3-11-27(16)24-19(23-18)26-10-2-4-15(26)14-6-8-20-9-7-14/h3,5-9,11-13,15H,2,4,10H2,1H3,(H,22,23,24)/t15-/m0/s1. The Labute approximate surface area is 156 Å². The summed E-state index contributed by atoms with van der Waals surface area (Å²) in [6.07, 6.45) is 11.5. The zero-order valence-corrected chi connectivity index (χ0v) is 15.0. The van der Waals surface area contributed by atoms with Crippen LogP contribution in [0.25, 0.3) is 5.52 Å². The van der Waals surface area contributed by atoms with Crippen molar-refractivity contribution in [1.82, 2.24) is 29.1 Å². The Morgan fingerprint density at radius 2 is 2.07 bits per heavy atom. The zero-order chi connectivity index (χ0) is 18.2. The van der Waals surface area contributed by atoms with Gasteiger partial charge >= 0.3 is 0 Å². The van der Waals surface area contributed by atoms with E-state index in [9.17, 15) is 0 Å². The van der Waals surface area contributed by atoms with Gasteiger partial charge in [0.1, 0.15) is 11.3 Å². The minimum atomic E-state index is 0.267. The normalized spacial score (nSPS) is 16.9. The quantitative estimate of drug-likeness (QED) is 0.603. The lowest BCUT2D eigenvalue weighted by atomic mass is 10.1. The summed E-state index contributed by atoms with van der Waals surface area (Å²) < 4.78 is 3.77. The fraction of sp³-hybridized carbons (Fsp3) is 0.263. The highest BCUT2D eigenvalue weighted by atomic mass is 15.4. The lowest BCUT2D eigenvalue weighted by Crippen LogP contribution is -2.25. The predicted molar refractivity (Wildman–Crippen MR) is 103 cm³/mol. The van der Waals surface area contributed by atoms with Gasteiger partial charge < -0.3 is 14.8 Å². The molecule has 1 aliphatic heterocycles. The van der Waals surface area contributed by atoms with Crippen LogP contribution in [0.5, 0.6) is 0 Å². The number of aromatic nitrogens is 6. The molecule has 1 aliphatic rings. The highest BCUT2D eigenvalue weighted by Crippen LogP contribution is 2.35. The van der Waals surface area contributed by atoms with Crippen molar-refractivity contribution >= 4 is 23.1 Å². The molecule has 0 amide bonds. The van der Waals surface area contributed by atoms with Crippen LogP contribution in [0.1, 0.15) is 24.4 Å². The summed E-state index contributed by atoms with van der Waals surface area (Å²) in [7, 11) is 1.94. The second kappa shape index (κ2) is 6.39. The Hall–Kier alpha value is -3.42. The van der Waals surface area contributed by atoms with Crippen molar-refractivity contribution in [2.24, 2.45) is 7.05 Å². The molecular weight excluding hydrogens is 340 g/mol. The number of anilines is 3. The van der Waals surface area contributed by atoms with Gasteiger partial charge in [-0.1, -0.05) is 0 Å². The minimum Gasteiger partial charge on any atom is -0.338 e. The Morgan fingerprint density at radius 1 is 1.19 bits per heavy atom. The monoisotopic (exact) mass is 360 g/mol. The molecule has 8 nitrogen and oxygen atoms in total. The van der Waals surface area contributed by atoms with Crippen LogP contribution in [0.2, 0.25) is 0 Å². The van der Waals surface area contributed by atoms with Crippen LogP contribution in [-0.2, 0) is 7.05 Å². The molecule has 5 rings (SSSR count). The largest absolute Gasteiger partial charge is 0.338 e. The van der Waals surface area contributed by atoms with Crippen LogP contribution < -0.4 is 10.2 Å². The molecule has 0 bridgehead atoms. The molecule has 0 saturated carbocycles. The third-order valence-electron chi connectivity index (χ3n) is 4.93. The molecule has 4 aromatic rings. The maximum Gasteiger partial charge on any atom is 0.246 e. The van der Waals surface area contributed by atoms with Gasteiger partial charge in [0.25, 0.3) is 0 Å². The number of fused-ring (bicyclic) bond motifs is 1. The summed E-state index contributed by atoms with van der Waals surface area (Å²) in [5, 5.41) is 8.08. The fourth-order valence-electron chi connectivity index (χ4n) is 3.67. The maximum atomic E-state index is 4.85. The smallest absolute Gasteiger partial charge is 0.246 e. The van der Waals surface area contributed by atoms with E-state index >= 15 is 0 Å². The van der Waals surface area contributed by atoms with Crippen LogP contribution in [0.3, 0.4) is 0 Å². The highest BCUT2D eigenvalue weighted by Gasteiger charge is 2.29. The van der Waals surface area contributed by atoms with E-state index in [1.807, 2.05) is 53.1 Å². The number of nitrogens with zero attached hydrogens (tertiary/aromatic N) is 7. The Kier molecular flexibility index (Phi) is 3.74. The molecule has 8 heteroatoms. The van der Waals surface area contributed by atoms with Crippen LogP contribution in [0.4, 0.5) is 17.6 Å². The maximum absolute atomic E-state index is 4.85. The van der Waals surface area contributed by atoms with E-state index in [0.29, 0.717) is 0 Å². The van der Waals surface area contributed by atoms with Gasteiger partial charge in [-0.3, -0.25) is 4.98 Å². The summed E-state index contributed by atoms with van der Waals surface area (Å²) in [6.45, 7) is 0.933. The number of pyridine rings is 1.